The summed E-state index contributed by atoms with van der Waals surface area (Å²) < 4.78 is 17.1. The van der Waals surface area contributed by atoms with Gasteiger partial charge in [-0.2, -0.15) is 0 Å². The molecule has 148 valence electrons. The highest BCUT2D eigenvalue weighted by molar-refractivity contribution is 5.94. The third-order valence-corrected chi connectivity index (χ3v) is 6.60. The predicted octanol–water partition coefficient (Wildman–Crippen LogP) is 3.54. The van der Waals surface area contributed by atoms with E-state index < -0.39 is 0 Å². The van der Waals surface area contributed by atoms with Crippen LogP contribution in [0.3, 0.4) is 0 Å². The van der Waals surface area contributed by atoms with Crippen molar-refractivity contribution in [1.82, 2.24) is 4.90 Å². The molecule has 2 aliphatic heterocycles. The van der Waals surface area contributed by atoms with Crippen LogP contribution in [0.15, 0.2) is 28.9 Å². The third kappa shape index (κ3) is 2.62. The fourth-order valence-corrected chi connectivity index (χ4v) is 5.12. The van der Waals surface area contributed by atoms with Crippen LogP contribution in [0.2, 0.25) is 0 Å². The lowest BCUT2D eigenvalue weighted by Crippen LogP contribution is -2.48. The molecule has 1 aliphatic carbocycles. The normalized spacial score (nSPS) is 22.4. The molecule has 5 rings (SSSR count). The number of nitrogens with two attached hydrogens (primary N) is 1. The van der Waals surface area contributed by atoms with Crippen LogP contribution in [0.1, 0.15) is 65.9 Å². The lowest BCUT2D eigenvalue weighted by atomic mass is 9.71. The second-order valence-corrected chi connectivity index (χ2v) is 8.19. The number of hydrogen-bond donors (Lipinski definition) is 1. The second kappa shape index (κ2) is 6.55. The van der Waals surface area contributed by atoms with Gasteiger partial charge in [0.2, 0.25) is 0 Å². The van der Waals surface area contributed by atoms with Gasteiger partial charge in [0.05, 0.1) is 18.2 Å². The fraction of sp³-hybridized carbons (Fsp3) is 0.500. The van der Waals surface area contributed by atoms with Gasteiger partial charge in [-0.15, -0.1) is 0 Å². The topological polar surface area (TPSA) is 77.9 Å². The van der Waals surface area contributed by atoms with E-state index in [1.807, 2.05) is 4.90 Å². The van der Waals surface area contributed by atoms with E-state index in [1.54, 1.807) is 6.07 Å². The van der Waals surface area contributed by atoms with Gasteiger partial charge < -0.3 is 24.5 Å². The maximum Gasteiger partial charge on any atom is 0.257 e. The number of fused-ring (bicyclic) bond motifs is 3. The summed E-state index contributed by atoms with van der Waals surface area (Å²) in [5, 5.41) is 0. The molecule has 1 aromatic heterocycles. The predicted molar refractivity (Wildman–Crippen MR) is 104 cm³/mol. The third-order valence-electron chi connectivity index (χ3n) is 6.60. The molecule has 1 aromatic carbocycles. The second-order valence-electron chi connectivity index (χ2n) is 8.19. The maximum absolute atomic E-state index is 13.3. The zero-order valence-corrected chi connectivity index (χ0v) is 16.2. The number of hydrogen-bond acceptors (Lipinski definition) is 5. The Morgan fingerprint density at radius 3 is 2.57 bits per heavy atom. The van der Waals surface area contributed by atoms with Crippen molar-refractivity contribution in [2.75, 3.05) is 19.8 Å². The van der Waals surface area contributed by atoms with Crippen LogP contribution in [0, 0.1) is 0 Å². The summed E-state index contributed by atoms with van der Waals surface area (Å²) in [6, 6.07) is 5.99. The van der Waals surface area contributed by atoms with Crippen LogP contribution in [0.4, 0.5) is 0 Å². The van der Waals surface area contributed by atoms with Crippen molar-refractivity contribution >= 4 is 5.91 Å². The highest BCUT2D eigenvalue weighted by Crippen LogP contribution is 2.52. The van der Waals surface area contributed by atoms with Crippen LogP contribution >= 0.6 is 0 Å². The van der Waals surface area contributed by atoms with Crippen molar-refractivity contribution in [2.45, 2.75) is 50.6 Å². The smallest absolute Gasteiger partial charge is 0.257 e. The molecule has 1 spiro atoms. The first-order chi connectivity index (χ1) is 13.6. The molecule has 6 heteroatoms. The average molecular weight is 382 g/mol. The summed E-state index contributed by atoms with van der Waals surface area (Å²) >= 11 is 0. The molecular formula is C22H26N2O4. The van der Waals surface area contributed by atoms with Crippen molar-refractivity contribution in [3.8, 4) is 11.5 Å². The van der Waals surface area contributed by atoms with Gasteiger partial charge >= 0.3 is 0 Å². The van der Waals surface area contributed by atoms with Crippen LogP contribution in [0.5, 0.6) is 11.5 Å². The first-order valence-corrected chi connectivity index (χ1v) is 10.1. The van der Waals surface area contributed by atoms with Crippen LogP contribution in [0.25, 0.3) is 0 Å². The van der Waals surface area contributed by atoms with Gasteiger partial charge in [-0.25, -0.2) is 0 Å². The molecule has 3 heterocycles. The highest BCUT2D eigenvalue weighted by Gasteiger charge is 2.46. The molecular weight excluding hydrogens is 356 g/mol. The molecule has 6 nitrogen and oxygen atoms in total. The van der Waals surface area contributed by atoms with Crippen LogP contribution < -0.4 is 15.2 Å². The van der Waals surface area contributed by atoms with E-state index in [9.17, 15) is 4.79 Å². The molecule has 28 heavy (non-hydrogen) atoms. The van der Waals surface area contributed by atoms with Crippen molar-refractivity contribution in [3.05, 3.63) is 46.9 Å². The molecule has 1 amide bonds. The number of carbonyl (C=O) groups excluding carboxylic acids is 1. The summed E-state index contributed by atoms with van der Waals surface area (Å²) in [5.41, 5.74) is 8.72. The van der Waals surface area contributed by atoms with Gasteiger partial charge in [-0.3, -0.25) is 4.79 Å². The molecule has 1 saturated carbocycles. The van der Waals surface area contributed by atoms with Gasteiger partial charge in [-0.05, 0) is 49.1 Å². The Balaban J connectivity index is 1.58. The molecule has 0 saturated heterocycles. The number of rotatable bonds is 2. The number of nitrogens with zero attached hydrogens (tertiary/aromatic N) is 1. The quantitative estimate of drug-likeness (QED) is 0.860. The van der Waals surface area contributed by atoms with Gasteiger partial charge in [0.15, 0.2) is 11.5 Å². The Morgan fingerprint density at radius 2 is 1.89 bits per heavy atom. The molecule has 0 bridgehead atoms. The van der Waals surface area contributed by atoms with Gasteiger partial charge in [0.1, 0.15) is 25.2 Å². The van der Waals surface area contributed by atoms with E-state index in [0.717, 1.165) is 30.9 Å². The average Bonchev–Trinajstić information content (AvgIpc) is 3.39. The summed E-state index contributed by atoms with van der Waals surface area (Å²) in [6.07, 6.45) is 6.09. The Morgan fingerprint density at radius 1 is 1.18 bits per heavy atom. The fourth-order valence-electron chi connectivity index (χ4n) is 5.12. The van der Waals surface area contributed by atoms with Crippen molar-refractivity contribution < 1.29 is 18.7 Å². The molecule has 0 radical (unpaired) electrons. The Bertz CT molecular complexity index is 913. The lowest BCUT2D eigenvalue weighted by molar-refractivity contribution is 0.0592. The van der Waals surface area contributed by atoms with Gasteiger partial charge in [0, 0.05) is 12.0 Å². The number of carbonyl (C=O) groups is 1. The standard InChI is InChI=1S/C22H26N2O4/c1-14-17-9-19-20(27-7-6-26-19)10-18(17)22(4-2-3-5-22)13-24(14)21(25)15-8-16(11-23)28-12-15/h8-10,12,14H,2-7,11,13,23H2,1H3. The van der Waals surface area contributed by atoms with Crippen LogP contribution in [-0.4, -0.2) is 30.6 Å². The molecule has 1 fully saturated rings. The maximum atomic E-state index is 13.3. The molecule has 3 aliphatic rings. The number of amides is 1. The number of ether oxygens (including phenoxy) is 2. The summed E-state index contributed by atoms with van der Waals surface area (Å²) in [5.74, 6) is 2.25. The van der Waals surface area contributed by atoms with Gasteiger partial charge in [0.25, 0.3) is 5.91 Å². The Hall–Kier alpha value is -2.47. The summed E-state index contributed by atoms with van der Waals surface area (Å²) in [7, 11) is 0. The van der Waals surface area contributed by atoms with Crippen molar-refractivity contribution in [2.24, 2.45) is 5.73 Å². The van der Waals surface area contributed by atoms with E-state index in [4.69, 9.17) is 19.6 Å². The SMILES string of the molecule is CC1c2cc3c(cc2C2(CCCC2)CN1C(=O)c1coc(CN)c1)OCCO3. The van der Waals surface area contributed by atoms with E-state index in [2.05, 4.69) is 19.1 Å². The summed E-state index contributed by atoms with van der Waals surface area (Å²) in [6.45, 7) is 4.26. The minimum atomic E-state index is -0.0409. The lowest BCUT2D eigenvalue weighted by Gasteiger charge is -2.46. The Labute approximate surface area is 164 Å². The van der Waals surface area contributed by atoms with E-state index in [1.165, 1.54) is 30.2 Å². The first kappa shape index (κ1) is 17.6. The molecule has 2 aromatic rings. The van der Waals surface area contributed by atoms with E-state index in [0.29, 0.717) is 31.1 Å². The monoisotopic (exact) mass is 382 g/mol. The van der Waals surface area contributed by atoms with Crippen molar-refractivity contribution in [1.29, 1.82) is 0 Å². The zero-order chi connectivity index (χ0) is 19.3. The minimum Gasteiger partial charge on any atom is -0.486 e. The van der Waals surface area contributed by atoms with E-state index >= 15 is 0 Å². The van der Waals surface area contributed by atoms with Crippen molar-refractivity contribution in [3.63, 3.8) is 0 Å². The van der Waals surface area contributed by atoms with Crippen LogP contribution in [-0.2, 0) is 12.0 Å². The highest BCUT2D eigenvalue weighted by atomic mass is 16.6. The first-order valence-electron chi connectivity index (χ1n) is 10.1. The number of benzene rings is 1. The Kier molecular flexibility index (Phi) is 4.12. The van der Waals surface area contributed by atoms with Gasteiger partial charge in [-0.1, -0.05) is 12.8 Å². The minimum absolute atomic E-state index is 0.00256. The number of furan rings is 1. The molecule has 2 N–H and O–H groups in total. The largest absolute Gasteiger partial charge is 0.486 e. The zero-order valence-electron chi connectivity index (χ0n) is 16.2. The molecule has 1 unspecified atom stereocenters. The summed E-state index contributed by atoms with van der Waals surface area (Å²) in [4.78, 5) is 15.3. The van der Waals surface area contributed by atoms with E-state index in [-0.39, 0.29) is 17.4 Å². The molecule has 1 atom stereocenters.